The minimum absolute atomic E-state index is 0.0307. The Labute approximate surface area is 167 Å². The molecule has 0 saturated carbocycles. The Morgan fingerprint density at radius 3 is 2.18 bits per heavy atom. The molecule has 150 valence electrons. The molecule has 0 fully saturated rings. The predicted octanol–water partition coefficient (Wildman–Crippen LogP) is 3.19. The predicted molar refractivity (Wildman–Crippen MR) is 111 cm³/mol. The Hall–Kier alpha value is -2.66. The van der Waals surface area contributed by atoms with Crippen LogP contribution < -0.4 is 5.32 Å². The SMILES string of the molecule is CCC(=O)N(Cc1ccccc1)[C@H](Cc1ccccc1)C(=O)NCCCOC. The summed E-state index contributed by atoms with van der Waals surface area (Å²) >= 11 is 0. The third kappa shape index (κ3) is 6.82. The van der Waals surface area contributed by atoms with Gasteiger partial charge in [0.15, 0.2) is 0 Å². The molecule has 1 N–H and O–H groups in total. The van der Waals surface area contributed by atoms with Crippen LogP contribution in [0.3, 0.4) is 0 Å². The fraction of sp³-hybridized carbons (Fsp3) is 0.391. The van der Waals surface area contributed by atoms with E-state index in [1.165, 1.54) is 0 Å². The molecule has 0 unspecified atom stereocenters. The Balaban J connectivity index is 2.23. The number of hydrogen-bond donors (Lipinski definition) is 1. The second-order valence-corrected chi connectivity index (χ2v) is 6.70. The second-order valence-electron chi connectivity index (χ2n) is 6.70. The first-order valence-corrected chi connectivity index (χ1v) is 9.79. The Morgan fingerprint density at radius 2 is 1.61 bits per heavy atom. The van der Waals surface area contributed by atoms with Gasteiger partial charge >= 0.3 is 0 Å². The van der Waals surface area contributed by atoms with Crippen LogP contribution in [0.25, 0.3) is 0 Å². The molecular formula is C23H30N2O3. The fourth-order valence-electron chi connectivity index (χ4n) is 3.08. The van der Waals surface area contributed by atoms with E-state index in [1.807, 2.05) is 67.6 Å². The van der Waals surface area contributed by atoms with Crippen LogP contribution in [0, 0.1) is 0 Å². The van der Waals surface area contributed by atoms with E-state index in [0.717, 1.165) is 17.5 Å². The number of nitrogens with zero attached hydrogens (tertiary/aromatic N) is 1. The van der Waals surface area contributed by atoms with E-state index in [2.05, 4.69) is 5.32 Å². The maximum atomic E-state index is 13.0. The number of carbonyl (C=O) groups excluding carboxylic acids is 2. The average Bonchev–Trinajstić information content (AvgIpc) is 2.74. The quantitative estimate of drug-likeness (QED) is 0.607. The molecule has 0 saturated heterocycles. The smallest absolute Gasteiger partial charge is 0.243 e. The molecule has 2 aromatic rings. The van der Waals surface area contributed by atoms with Gasteiger partial charge in [-0.3, -0.25) is 9.59 Å². The summed E-state index contributed by atoms with van der Waals surface area (Å²) in [5.74, 6) is -0.158. The third-order valence-electron chi connectivity index (χ3n) is 4.59. The maximum absolute atomic E-state index is 13.0. The minimum atomic E-state index is -0.558. The summed E-state index contributed by atoms with van der Waals surface area (Å²) in [5, 5.41) is 2.97. The number of methoxy groups -OCH3 is 1. The topological polar surface area (TPSA) is 58.6 Å². The first-order valence-electron chi connectivity index (χ1n) is 9.79. The molecule has 0 aliphatic heterocycles. The van der Waals surface area contributed by atoms with E-state index in [1.54, 1.807) is 12.0 Å². The van der Waals surface area contributed by atoms with E-state index < -0.39 is 6.04 Å². The average molecular weight is 383 g/mol. The van der Waals surface area contributed by atoms with Crippen LogP contribution >= 0.6 is 0 Å². The first-order chi connectivity index (χ1) is 13.7. The van der Waals surface area contributed by atoms with E-state index in [-0.39, 0.29) is 11.8 Å². The zero-order chi connectivity index (χ0) is 20.2. The highest BCUT2D eigenvalue weighted by Crippen LogP contribution is 2.15. The Morgan fingerprint density at radius 1 is 1.00 bits per heavy atom. The van der Waals surface area contributed by atoms with Crippen molar-refractivity contribution in [2.75, 3.05) is 20.3 Å². The van der Waals surface area contributed by atoms with Gasteiger partial charge in [-0.15, -0.1) is 0 Å². The van der Waals surface area contributed by atoms with Gasteiger partial charge in [0.25, 0.3) is 0 Å². The van der Waals surface area contributed by atoms with Crippen LogP contribution in [0.1, 0.15) is 30.9 Å². The molecule has 0 aliphatic rings. The lowest BCUT2D eigenvalue weighted by Crippen LogP contribution is -2.50. The molecule has 28 heavy (non-hydrogen) atoms. The number of carbonyl (C=O) groups is 2. The highest BCUT2D eigenvalue weighted by Gasteiger charge is 2.29. The van der Waals surface area contributed by atoms with Crippen molar-refractivity contribution in [2.45, 2.75) is 38.8 Å². The molecule has 0 radical (unpaired) electrons. The van der Waals surface area contributed by atoms with Crippen LogP contribution in [0.15, 0.2) is 60.7 Å². The minimum Gasteiger partial charge on any atom is -0.385 e. The first kappa shape index (κ1) is 21.6. The standard InChI is InChI=1S/C23H30N2O3/c1-3-22(26)25(18-20-13-8-5-9-14-20)21(17-19-11-6-4-7-12-19)23(27)24-15-10-16-28-2/h4-9,11-14,21H,3,10,15-18H2,1-2H3,(H,24,27)/t21-/m1/s1. The molecule has 0 aromatic heterocycles. The highest BCUT2D eigenvalue weighted by molar-refractivity contribution is 5.87. The summed E-state index contributed by atoms with van der Waals surface area (Å²) in [6, 6.07) is 19.1. The number of amides is 2. The van der Waals surface area contributed by atoms with Gasteiger partial charge in [-0.1, -0.05) is 67.6 Å². The number of benzene rings is 2. The number of rotatable bonds is 11. The molecule has 2 rings (SSSR count). The van der Waals surface area contributed by atoms with Gasteiger partial charge in [-0.2, -0.15) is 0 Å². The van der Waals surface area contributed by atoms with Crippen LogP contribution in [0.5, 0.6) is 0 Å². The molecule has 0 spiro atoms. The summed E-state index contributed by atoms with van der Waals surface area (Å²) in [6.45, 7) is 3.36. The molecule has 0 heterocycles. The molecule has 2 aromatic carbocycles. The number of ether oxygens (including phenoxy) is 1. The van der Waals surface area contributed by atoms with Gasteiger partial charge in [-0.05, 0) is 17.5 Å². The molecule has 5 nitrogen and oxygen atoms in total. The van der Waals surface area contributed by atoms with E-state index in [4.69, 9.17) is 4.74 Å². The summed E-state index contributed by atoms with van der Waals surface area (Å²) in [5.41, 5.74) is 2.04. The number of nitrogens with one attached hydrogen (secondary N) is 1. The second kappa shape index (κ2) is 11.9. The lowest BCUT2D eigenvalue weighted by atomic mass is 10.0. The lowest BCUT2D eigenvalue weighted by molar-refractivity contribution is -0.141. The largest absolute Gasteiger partial charge is 0.385 e. The number of hydrogen-bond acceptors (Lipinski definition) is 3. The molecule has 2 amide bonds. The van der Waals surface area contributed by atoms with Crippen molar-refractivity contribution in [3.05, 3.63) is 71.8 Å². The summed E-state index contributed by atoms with van der Waals surface area (Å²) in [7, 11) is 1.64. The van der Waals surface area contributed by atoms with Gasteiger partial charge in [-0.25, -0.2) is 0 Å². The van der Waals surface area contributed by atoms with Crippen molar-refractivity contribution in [3.63, 3.8) is 0 Å². The van der Waals surface area contributed by atoms with Gasteiger partial charge < -0.3 is 15.0 Å². The van der Waals surface area contributed by atoms with Crippen LogP contribution in [-0.4, -0.2) is 43.0 Å². The van der Waals surface area contributed by atoms with Gasteiger partial charge in [0.1, 0.15) is 6.04 Å². The van der Waals surface area contributed by atoms with Crippen molar-refractivity contribution >= 4 is 11.8 Å². The van der Waals surface area contributed by atoms with Crippen molar-refractivity contribution < 1.29 is 14.3 Å². The Bertz CT molecular complexity index is 719. The van der Waals surface area contributed by atoms with E-state index in [0.29, 0.717) is 32.5 Å². The molecule has 1 atom stereocenters. The zero-order valence-electron chi connectivity index (χ0n) is 16.8. The molecule has 5 heteroatoms. The summed E-state index contributed by atoms with van der Waals surface area (Å²) in [6.07, 6.45) is 1.57. The monoisotopic (exact) mass is 382 g/mol. The fourth-order valence-corrected chi connectivity index (χ4v) is 3.08. The van der Waals surface area contributed by atoms with Crippen LogP contribution in [0.4, 0.5) is 0 Å². The lowest BCUT2D eigenvalue weighted by Gasteiger charge is -2.31. The molecular weight excluding hydrogens is 352 g/mol. The van der Waals surface area contributed by atoms with Crippen molar-refractivity contribution in [1.29, 1.82) is 0 Å². The van der Waals surface area contributed by atoms with Crippen molar-refractivity contribution in [3.8, 4) is 0 Å². The van der Waals surface area contributed by atoms with Crippen LogP contribution in [0.2, 0.25) is 0 Å². The summed E-state index contributed by atoms with van der Waals surface area (Å²) in [4.78, 5) is 27.5. The summed E-state index contributed by atoms with van der Waals surface area (Å²) < 4.78 is 5.05. The van der Waals surface area contributed by atoms with Crippen molar-refractivity contribution in [1.82, 2.24) is 10.2 Å². The molecule has 0 aliphatic carbocycles. The third-order valence-corrected chi connectivity index (χ3v) is 4.59. The Kier molecular flexibility index (Phi) is 9.22. The normalized spacial score (nSPS) is 11.6. The van der Waals surface area contributed by atoms with Gasteiger partial charge in [0.2, 0.25) is 11.8 Å². The van der Waals surface area contributed by atoms with Gasteiger partial charge in [0, 0.05) is 39.6 Å². The van der Waals surface area contributed by atoms with Crippen molar-refractivity contribution in [2.24, 2.45) is 0 Å². The highest BCUT2D eigenvalue weighted by atomic mass is 16.5. The van der Waals surface area contributed by atoms with Crippen LogP contribution in [-0.2, 0) is 27.3 Å². The van der Waals surface area contributed by atoms with E-state index in [9.17, 15) is 9.59 Å². The maximum Gasteiger partial charge on any atom is 0.243 e. The molecule has 0 bridgehead atoms. The van der Waals surface area contributed by atoms with E-state index >= 15 is 0 Å². The zero-order valence-corrected chi connectivity index (χ0v) is 16.8. The van der Waals surface area contributed by atoms with Gasteiger partial charge in [0.05, 0.1) is 0 Å².